The predicted molar refractivity (Wildman–Crippen MR) is 108 cm³/mol. The number of rotatable bonds is 5. The van der Waals surface area contributed by atoms with Gasteiger partial charge in [0.25, 0.3) is 5.91 Å². The number of hydrogen-bond donors (Lipinski definition) is 1. The molecule has 0 bridgehead atoms. The molecule has 0 radical (unpaired) electrons. The number of aromatic amines is 1. The summed E-state index contributed by atoms with van der Waals surface area (Å²) in [5, 5.41) is 0. The Morgan fingerprint density at radius 2 is 1.86 bits per heavy atom. The highest BCUT2D eigenvalue weighted by Crippen LogP contribution is 2.31. The number of H-pyrrole nitrogens is 1. The molecule has 1 aromatic heterocycles. The summed E-state index contributed by atoms with van der Waals surface area (Å²) >= 11 is 0. The SMILES string of the molecule is Cc1[nH]c(C(=O)OCC(=O)N2c3ccccc3C[C@@H]2C)c(C)c1C(=O)OC(C)C. The van der Waals surface area contributed by atoms with E-state index in [4.69, 9.17) is 9.47 Å². The van der Waals surface area contributed by atoms with Crippen molar-refractivity contribution in [2.45, 2.75) is 53.2 Å². The highest BCUT2D eigenvalue weighted by molar-refractivity contribution is 6.01. The number of carbonyl (C=O) groups excluding carboxylic acids is 3. The van der Waals surface area contributed by atoms with Crippen LogP contribution in [0.2, 0.25) is 0 Å². The second-order valence-electron chi connectivity index (χ2n) is 7.60. The smallest absolute Gasteiger partial charge is 0.355 e. The van der Waals surface area contributed by atoms with Crippen LogP contribution in [0.1, 0.15) is 58.4 Å². The first-order valence-electron chi connectivity index (χ1n) is 9.68. The molecule has 1 atom stereocenters. The van der Waals surface area contributed by atoms with Crippen molar-refractivity contribution in [3.05, 3.63) is 52.3 Å². The van der Waals surface area contributed by atoms with Gasteiger partial charge in [0.05, 0.1) is 11.7 Å². The van der Waals surface area contributed by atoms with Gasteiger partial charge in [0, 0.05) is 17.4 Å². The molecule has 1 aliphatic heterocycles. The van der Waals surface area contributed by atoms with Gasteiger partial charge in [-0.15, -0.1) is 0 Å². The van der Waals surface area contributed by atoms with Crippen molar-refractivity contribution in [2.24, 2.45) is 0 Å². The lowest BCUT2D eigenvalue weighted by Gasteiger charge is -2.22. The molecule has 0 fully saturated rings. The van der Waals surface area contributed by atoms with Crippen molar-refractivity contribution in [3.8, 4) is 0 Å². The maximum atomic E-state index is 12.7. The number of benzene rings is 1. The molecule has 2 heterocycles. The van der Waals surface area contributed by atoms with Gasteiger partial charge >= 0.3 is 11.9 Å². The first kappa shape index (κ1) is 20.6. The number of aromatic nitrogens is 1. The van der Waals surface area contributed by atoms with Gasteiger partial charge in [-0.2, -0.15) is 0 Å². The molecule has 2 aromatic rings. The molecule has 0 saturated heterocycles. The first-order valence-corrected chi connectivity index (χ1v) is 9.68. The summed E-state index contributed by atoms with van der Waals surface area (Å²) in [4.78, 5) is 42.1. The normalized spacial score (nSPS) is 15.4. The number of nitrogens with zero attached hydrogens (tertiary/aromatic N) is 1. The number of esters is 2. The Bertz CT molecular complexity index is 960. The van der Waals surface area contributed by atoms with Crippen LogP contribution in [0.4, 0.5) is 5.69 Å². The van der Waals surface area contributed by atoms with Gasteiger partial charge in [0.1, 0.15) is 5.69 Å². The number of hydrogen-bond acceptors (Lipinski definition) is 5. The van der Waals surface area contributed by atoms with Crippen molar-refractivity contribution in [1.82, 2.24) is 4.98 Å². The van der Waals surface area contributed by atoms with Gasteiger partial charge < -0.3 is 19.4 Å². The maximum absolute atomic E-state index is 12.7. The molecule has 1 amide bonds. The van der Waals surface area contributed by atoms with Crippen molar-refractivity contribution < 1.29 is 23.9 Å². The summed E-state index contributed by atoms with van der Waals surface area (Å²) < 4.78 is 10.5. The number of para-hydroxylation sites is 1. The molecule has 29 heavy (non-hydrogen) atoms. The molecule has 0 saturated carbocycles. The first-order chi connectivity index (χ1) is 13.7. The summed E-state index contributed by atoms with van der Waals surface area (Å²) in [5.74, 6) is -1.46. The Morgan fingerprint density at radius 1 is 1.17 bits per heavy atom. The molecule has 1 aromatic carbocycles. The minimum Gasteiger partial charge on any atom is -0.459 e. The molecule has 0 spiro atoms. The molecule has 0 unspecified atom stereocenters. The lowest BCUT2D eigenvalue weighted by Crippen LogP contribution is -2.38. The second kappa shape index (κ2) is 8.11. The minimum atomic E-state index is -0.678. The average molecular weight is 398 g/mol. The standard InChI is InChI=1S/C22H26N2O5/c1-12(2)29-21(26)19-14(4)20(23-15(19)5)22(27)28-11-18(25)24-13(3)10-16-8-6-7-9-17(16)24/h6-9,12-13,23H,10-11H2,1-5H3/t13-/m0/s1. The highest BCUT2D eigenvalue weighted by Gasteiger charge is 2.31. The van der Waals surface area contributed by atoms with Crippen LogP contribution >= 0.6 is 0 Å². The zero-order chi connectivity index (χ0) is 21.3. The largest absolute Gasteiger partial charge is 0.459 e. The fourth-order valence-electron chi connectivity index (χ4n) is 3.75. The molecule has 1 aliphatic rings. The van der Waals surface area contributed by atoms with Crippen LogP contribution in [-0.2, 0) is 20.7 Å². The van der Waals surface area contributed by atoms with E-state index in [0.717, 1.165) is 17.7 Å². The summed E-state index contributed by atoms with van der Waals surface area (Å²) in [5.41, 5.74) is 3.40. The zero-order valence-electron chi connectivity index (χ0n) is 17.4. The number of anilines is 1. The third-order valence-electron chi connectivity index (χ3n) is 4.99. The Hall–Kier alpha value is -3.09. The molecular weight excluding hydrogens is 372 g/mol. The second-order valence-corrected chi connectivity index (χ2v) is 7.60. The molecule has 1 N–H and O–H groups in total. The number of fused-ring (bicyclic) bond motifs is 1. The fourth-order valence-corrected chi connectivity index (χ4v) is 3.75. The summed E-state index contributed by atoms with van der Waals surface area (Å²) in [6.45, 7) is 8.44. The van der Waals surface area contributed by atoms with E-state index in [1.54, 1.807) is 32.6 Å². The van der Waals surface area contributed by atoms with Gasteiger partial charge in [-0.05, 0) is 58.2 Å². The molecule has 0 aliphatic carbocycles. The van der Waals surface area contributed by atoms with E-state index in [1.165, 1.54) is 0 Å². The van der Waals surface area contributed by atoms with Gasteiger partial charge in [-0.1, -0.05) is 18.2 Å². The van der Waals surface area contributed by atoms with E-state index in [2.05, 4.69) is 4.98 Å². The van der Waals surface area contributed by atoms with Crippen LogP contribution < -0.4 is 4.90 Å². The maximum Gasteiger partial charge on any atom is 0.355 e. The van der Waals surface area contributed by atoms with Crippen molar-refractivity contribution in [3.63, 3.8) is 0 Å². The van der Waals surface area contributed by atoms with Gasteiger partial charge in [-0.3, -0.25) is 4.79 Å². The van der Waals surface area contributed by atoms with E-state index in [0.29, 0.717) is 16.8 Å². The van der Waals surface area contributed by atoms with E-state index >= 15 is 0 Å². The third kappa shape index (κ3) is 4.04. The number of nitrogens with one attached hydrogen (secondary N) is 1. The van der Waals surface area contributed by atoms with E-state index in [-0.39, 0.29) is 30.4 Å². The van der Waals surface area contributed by atoms with Crippen molar-refractivity contribution >= 4 is 23.5 Å². The van der Waals surface area contributed by atoms with Crippen LogP contribution in [-0.4, -0.2) is 41.6 Å². The van der Waals surface area contributed by atoms with Crippen LogP contribution in [0.5, 0.6) is 0 Å². The van der Waals surface area contributed by atoms with E-state index in [1.807, 2.05) is 31.2 Å². The molecule has 7 nitrogen and oxygen atoms in total. The lowest BCUT2D eigenvalue weighted by molar-refractivity contribution is -0.122. The van der Waals surface area contributed by atoms with Crippen LogP contribution in [0, 0.1) is 13.8 Å². The Labute approximate surface area is 170 Å². The number of ether oxygens (including phenoxy) is 2. The predicted octanol–water partition coefficient (Wildman–Crippen LogP) is 3.33. The van der Waals surface area contributed by atoms with Crippen LogP contribution in [0.3, 0.4) is 0 Å². The fraction of sp³-hybridized carbons (Fsp3) is 0.409. The highest BCUT2D eigenvalue weighted by atomic mass is 16.5. The zero-order valence-corrected chi connectivity index (χ0v) is 17.4. The molecule has 3 rings (SSSR count). The number of aryl methyl sites for hydroxylation is 1. The molecule has 7 heteroatoms. The summed E-state index contributed by atoms with van der Waals surface area (Å²) in [7, 11) is 0. The van der Waals surface area contributed by atoms with Crippen molar-refractivity contribution in [1.29, 1.82) is 0 Å². The number of amides is 1. The Kier molecular flexibility index (Phi) is 5.77. The van der Waals surface area contributed by atoms with Crippen molar-refractivity contribution in [2.75, 3.05) is 11.5 Å². The quantitative estimate of drug-likeness (QED) is 0.781. The summed E-state index contributed by atoms with van der Waals surface area (Å²) in [6.07, 6.45) is 0.501. The topological polar surface area (TPSA) is 88.7 Å². The average Bonchev–Trinajstić information content (AvgIpc) is 3.14. The summed E-state index contributed by atoms with van der Waals surface area (Å²) in [6, 6.07) is 7.71. The Morgan fingerprint density at radius 3 is 2.55 bits per heavy atom. The minimum absolute atomic E-state index is 0.00507. The van der Waals surface area contributed by atoms with Gasteiger partial charge in [0.15, 0.2) is 6.61 Å². The van der Waals surface area contributed by atoms with Gasteiger partial charge in [0.2, 0.25) is 0 Å². The Balaban J connectivity index is 1.70. The third-order valence-corrected chi connectivity index (χ3v) is 4.99. The lowest BCUT2D eigenvalue weighted by atomic mass is 10.1. The number of carbonyl (C=O) groups is 3. The van der Waals surface area contributed by atoms with E-state index in [9.17, 15) is 14.4 Å². The molecular formula is C22H26N2O5. The van der Waals surface area contributed by atoms with E-state index < -0.39 is 11.9 Å². The molecule has 154 valence electrons. The monoisotopic (exact) mass is 398 g/mol. The van der Waals surface area contributed by atoms with Crippen LogP contribution in [0.25, 0.3) is 0 Å². The van der Waals surface area contributed by atoms with Crippen LogP contribution in [0.15, 0.2) is 24.3 Å². The van der Waals surface area contributed by atoms with Gasteiger partial charge in [-0.25, -0.2) is 9.59 Å².